The van der Waals surface area contributed by atoms with Crippen LogP contribution in [0.3, 0.4) is 0 Å². The van der Waals surface area contributed by atoms with Crippen LogP contribution in [0.1, 0.15) is 60.5 Å². The minimum atomic E-state index is -0.482. The molecule has 1 saturated carbocycles. The van der Waals surface area contributed by atoms with Gasteiger partial charge in [0.25, 0.3) is 5.56 Å². The first-order valence-electron chi connectivity index (χ1n) is 12.6. The van der Waals surface area contributed by atoms with Crippen molar-refractivity contribution < 1.29 is 9.66 Å². The second kappa shape index (κ2) is 11.3. The van der Waals surface area contributed by atoms with Gasteiger partial charge in [0, 0.05) is 17.5 Å². The van der Waals surface area contributed by atoms with Crippen LogP contribution in [-0.2, 0) is 6.61 Å². The summed E-state index contributed by atoms with van der Waals surface area (Å²) in [6, 6.07) is 18.1. The van der Waals surface area contributed by atoms with Gasteiger partial charge in [-0.05, 0) is 59.5 Å². The van der Waals surface area contributed by atoms with Crippen LogP contribution in [0, 0.1) is 17.0 Å². The van der Waals surface area contributed by atoms with Crippen LogP contribution in [0.2, 0.25) is 0 Å². The third kappa shape index (κ3) is 5.52. The lowest BCUT2D eigenvalue weighted by atomic mass is 9.88. The van der Waals surface area contributed by atoms with Crippen LogP contribution in [0.25, 0.3) is 10.9 Å². The summed E-state index contributed by atoms with van der Waals surface area (Å²) in [4.78, 5) is 29.7. The first-order chi connectivity index (χ1) is 18.4. The van der Waals surface area contributed by atoms with Crippen LogP contribution in [0.5, 0.6) is 5.75 Å². The van der Waals surface area contributed by atoms with Crippen LogP contribution >= 0.6 is 15.9 Å². The molecule has 0 unspecified atom stereocenters. The Morgan fingerprint density at radius 1 is 1.13 bits per heavy atom. The van der Waals surface area contributed by atoms with Gasteiger partial charge in [-0.25, -0.2) is 4.98 Å². The molecule has 0 atom stereocenters. The summed E-state index contributed by atoms with van der Waals surface area (Å²) in [5, 5.41) is 16.9. The molecule has 0 amide bonds. The van der Waals surface area contributed by atoms with Gasteiger partial charge in [0.15, 0.2) is 0 Å². The molecule has 1 fully saturated rings. The van der Waals surface area contributed by atoms with E-state index in [9.17, 15) is 14.9 Å². The molecule has 4 aromatic rings. The molecular formula is C29H27BrN4O4. The summed E-state index contributed by atoms with van der Waals surface area (Å²) in [5.41, 5.74) is 2.69. The normalized spacial score (nSPS) is 14.3. The molecule has 38 heavy (non-hydrogen) atoms. The number of nitro benzene ring substituents is 1. The SMILES string of the molecule is Cc1ccc(COc2c(Br)cc(C=Nn3c(C4CCCCC4)nc4ccccc4c3=O)cc2[N+](=O)[O-])cc1. The number of hydrogen-bond acceptors (Lipinski definition) is 6. The van der Waals surface area contributed by atoms with Crippen molar-refractivity contribution in [1.29, 1.82) is 0 Å². The van der Waals surface area contributed by atoms with Crippen LogP contribution in [0.15, 0.2) is 75.0 Å². The van der Waals surface area contributed by atoms with Gasteiger partial charge >= 0.3 is 5.69 Å². The molecule has 0 aliphatic heterocycles. The smallest absolute Gasteiger partial charge is 0.312 e. The standard InChI is InChI=1S/C29H27BrN4O4/c1-19-11-13-20(14-12-19)18-38-27-24(30)15-21(16-26(27)34(36)37)17-31-33-28(22-7-3-2-4-8-22)32-25-10-6-5-9-23(25)29(33)35/h5-6,9-17,22H,2-4,7-8,18H2,1H3. The van der Waals surface area contributed by atoms with Gasteiger partial charge in [-0.1, -0.05) is 61.2 Å². The predicted octanol–water partition coefficient (Wildman–Crippen LogP) is 6.88. The third-order valence-electron chi connectivity index (χ3n) is 6.82. The molecule has 9 heteroatoms. The Labute approximate surface area is 228 Å². The average Bonchev–Trinajstić information content (AvgIpc) is 2.93. The van der Waals surface area contributed by atoms with Crippen molar-refractivity contribution in [3.8, 4) is 5.75 Å². The minimum absolute atomic E-state index is 0.136. The highest BCUT2D eigenvalue weighted by atomic mass is 79.9. The maximum atomic E-state index is 13.4. The van der Waals surface area contributed by atoms with E-state index in [4.69, 9.17) is 9.72 Å². The summed E-state index contributed by atoms with van der Waals surface area (Å²) in [6.07, 6.45) is 6.70. The number of aryl methyl sites for hydroxylation is 1. The topological polar surface area (TPSA) is 99.6 Å². The summed E-state index contributed by atoms with van der Waals surface area (Å²) >= 11 is 3.43. The van der Waals surface area contributed by atoms with E-state index in [0.29, 0.717) is 26.8 Å². The maximum Gasteiger partial charge on any atom is 0.312 e. The van der Waals surface area contributed by atoms with E-state index in [1.54, 1.807) is 18.2 Å². The molecular weight excluding hydrogens is 548 g/mol. The van der Waals surface area contributed by atoms with Crippen LogP contribution in [0.4, 0.5) is 5.69 Å². The van der Waals surface area contributed by atoms with E-state index >= 15 is 0 Å². The zero-order valence-corrected chi connectivity index (χ0v) is 22.6. The van der Waals surface area contributed by atoms with Gasteiger partial charge in [-0.15, -0.1) is 0 Å². The Morgan fingerprint density at radius 2 is 1.87 bits per heavy atom. The third-order valence-corrected chi connectivity index (χ3v) is 7.41. The number of nitro groups is 1. The van der Waals surface area contributed by atoms with E-state index in [1.807, 2.05) is 43.3 Å². The Balaban J connectivity index is 1.50. The van der Waals surface area contributed by atoms with Crippen molar-refractivity contribution in [2.75, 3.05) is 0 Å². The fraction of sp³-hybridized carbons (Fsp3) is 0.276. The second-order valence-electron chi connectivity index (χ2n) is 9.57. The molecule has 194 valence electrons. The number of nitrogens with zero attached hydrogens (tertiary/aromatic N) is 4. The highest BCUT2D eigenvalue weighted by molar-refractivity contribution is 9.10. The van der Waals surface area contributed by atoms with Crippen LogP contribution in [-0.4, -0.2) is 20.8 Å². The molecule has 1 aliphatic rings. The Hall–Kier alpha value is -3.85. The molecule has 0 spiro atoms. The van der Waals surface area contributed by atoms with Crippen molar-refractivity contribution in [3.05, 3.63) is 108 Å². The first kappa shape index (κ1) is 25.8. The number of halogens is 1. The number of aromatic nitrogens is 2. The molecule has 1 aromatic heterocycles. The summed E-state index contributed by atoms with van der Waals surface area (Å²) < 4.78 is 7.63. The summed E-state index contributed by atoms with van der Waals surface area (Å²) in [5.74, 6) is 0.910. The molecule has 0 N–H and O–H groups in total. The molecule has 3 aromatic carbocycles. The largest absolute Gasteiger partial charge is 0.481 e. The number of fused-ring (bicyclic) bond motifs is 1. The highest BCUT2D eigenvalue weighted by Crippen LogP contribution is 2.37. The van der Waals surface area contributed by atoms with Crippen molar-refractivity contribution in [2.24, 2.45) is 5.10 Å². The number of hydrogen-bond donors (Lipinski definition) is 0. The molecule has 8 nitrogen and oxygen atoms in total. The fourth-order valence-electron chi connectivity index (χ4n) is 4.79. The monoisotopic (exact) mass is 574 g/mol. The summed E-state index contributed by atoms with van der Waals surface area (Å²) in [7, 11) is 0. The van der Waals surface area contributed by atoms with E-state index in [2.05, 4.69) is 21.0 Å². The van der Waals surface area contributed by atoms with Gasteiger partial charge < -0.3 is 4.74 Å². The highest BCUT2D eigenvalue weighted by Gasteiger charge is 2.23. The van der Waals surface area contributed by atoms with Crippen LogP contribution < -0.4 is 10.3 Å². The van der Waals surface area contributed by atoms with Crippen molar-refractivity contribution >= 4 is 38.7 Å². The molecule has 1 heterocycles. The van der Waals surface area contributed by atoms with Gasteiger partial charge in [-0.3, -0.25) is 14.9 Å². The Bertz CT molecular complexity index is 1570. The zero-order valence-electron chi connectivity index (χ0n) is 21.0. The lowest BCUT2D eigenvalue weighted by Gasteiger charge is -2.22. The van der Waals surface area contributed by atoms with E-state index < -0.39 is 4.92 Å². The average molecular weight is 575 g/mol. The van der Waals surface area contributed by atoms with Gasteiger partial charge in [0.2, 0.25) is 5.75 Å². The zero-order chi connectivity index (χ0) is 26.6. The lowest BCUT2D eigenvalue weighted by molar-refractivity contribution is -0.386. The number of para-hydroxylation sites is 1. The Morgan fingerprint density at radius 3 is 2.61 bits per heavy atom. The van der Waals surface area contributed by atoms with Gasteiger partial charge in [0.05, 0.1) is 26.5 Å². The van der Waals surface area contributed by atoms with Crippen molar-refractivity contribution in [2.45, 2.75) is 51.6 Å². The summed E-state index contributed by atoms with van der Waals surface area (Å²) in [6.45, 7) is 2.18. The molecule has 5 rings (SSSR count). The fourth-order valence-corrected chi connectivity index (χ4v) is 5.38. The number of benzene rings is 3. The van der Waals surface area contributed by atoms with E-state index in [-0.39, 0.29) is 29.5 Å². The quantitative estimate of drug-likeness (QED) is 0.136. The van der Waals surface area contributed by atoms with E-state index in [1.165, 1.54) is 23.4 Å². The maximum absolute atomic E-state index is 13.4. The lowest BCUT2D eigenvalue weighted by Crippen LogP contribution is -2.25. The molecule has 0 saturated heterocycles. The number of ether oxygens (including phenoxy) is 1. The molecule has 0 bridgehead atoms. The van der Waals surface area contributed by atoms with Gasteiger partial charge in [0.1, 0.15) is 12.4 Å². The second-order valence-corrected chi connectivity index (χ2v) is 10.4. The minimum Gasteiger partial charge on any atom is -0.481 e. The first-order valence-corrected chi connectivity index (χ1v) is 13.4. The van der Waals surface area contributed by atoms with Gasteiger partial charge in [-0.2, -0.15) is 9.78 Å². The molecule has 0 radical (unpaired) electrons. The molecule has 1 aliphatic carbocycles. The Kier molecular flexibility index (Phi) is 7.64. The predicted molar refractivity (Wildman–Crippen MR) is 151 cm³/mol. The van der Waals surface area contributed by atoms with Crippen molar-refractivity contribution in [1.82, 2.24) is 9.66 Å². The van der Waals surface area contributed by atoms with Crippen molar-refractivity contribution in [3.63, 3.8) is 0 Å². The number of rotatable bonds is 7. The van der Waals surface area contributed by atoms with E-state index in [0.717, 1.165) is 36.8 Å².